The van der Waals surface area contributed by atoms with Crippen LogP contribution in [-0.2, 0) is 15.6 Å². The lowest BCUT2D eigenvalue weighted by atomic mass is 9.72. The van der Waals surface area contributed by atoms with Gasteiger partial charge in [0.25, 0.3) is 10.0 Å². The topological polar surface area (TPSA) is 85.1 Å². The molecule has 0 spiro atoms. The van der Waals surface area contributed by atoms with Crippen LogP contribution in [0.2, 0.25) is 0 Å². The SMILES string of the molecule is NC1(c2ccc(-c3nc(NS(=O)(=O)c4cccs4)sc3-c3ccccc3)cc2)CCC1. The molecule has 0 saturated heterocycles. The first kappa shape index (κ1) is 20.4. The summed E-state index contributed by atoms with van der Waals surface area (Å²) in [7, 11) is -3.66. The van der Waals surface area contributed by atoms with Crippen LogP contribution in [0.1, 0.15) is 24.8 Å². The number of nitrogens with one attached hydrogen (secondary N) is 1. The Morgan fingerprint density at radius 2 is 1.68 bits per heavy atom. The number of anilines is 1. The molecule has 3 N–H and O–H groups in total. The van der Waals surface area contributed by atoms with Gasteiger partial charge in [0, 0.05) is 11.1 Å². The summed E-state index contributed by atoms with van der Waals surface area (Å²) in [6.45, 7) is 0. The first-order chi connectivity index (χ1) is 14.9. The van der Waals surface area contributed by atoms with Gasteiger partial charge in [-0.15, -0.1) is 11.3 Å². The summed E-state index contributed by atoms with van der Waals surface area (Å²) < 4.78 is 28.3. The summed E-state index contributed by atoms with van der Waals surface area (Å²) in [6.07, 6.45) is 3.18. The quantitative estimate of drug-likeness (QED) is 0.382. The third-order valence-corrected chi connectivity index (χ3v) is 9.51. The summed E-state index contributed by atoms with van der Waals surface area (Å²) in [4.78, 5) is 5.60. The predicted octanol–water partition coefficient (Wildman–Crippen LogP) is 5.68. The first-order valence-electron chi connectivity index (χ1n) is 9.97. The number of rotatable bonds is 6. The standard InChI is InChI=1S/C23H21N3O2S3/c24-23(13-5-14-23)18-11-9-16(10-12-18)20-21(17-6-2-1-3-7-17)30-22(25-20)26-31(27,28)19-8-4-15-29-19/h1-4,6-12,15H,5,13-14,24H2,(H,25,26). The van der Waals surface area contributed by atoms with Gasteiger partial charge in [-0.1, -0.05) is 72.0 Å². The number of nitrogens with two attached hydrogens (primary N) is 1. The van der Waals surface area contributed by atoms with Crippen LogP contribution >= 0.6 is 22.7 Å². The van der Waals surface area contributed by atoms with E-state index in [9.17, 15) is 8.42 Å². The normalized spacial score (nSPS) is 15.4. The number of hydrogen-bond donors (Lipinski definition) is 2. The molecule has 0 aliphatic heterocycles. The van der Waals surface area contributed by atoms with E-state index in [0.717, 1.165) is 46.5 Å². The van der Waals surface area contributed by atoms with Crippen LogP contribution in [0.4, 0.5) is 5.13 Å². The van der Waals surface area contributed by atoms with Crippen molar-refractivity contribution in [2.45, 2.75) is 29.0 Å². The number of benzene rings is 2. The van der Waals surface area contributed by atoms with E-state index in [1.54, 1.807) is 17.5 Å². The number of thiophene rings is 1. The molecule has 2 aromatic carbocycles. The van der Waals surface area contributed by atoms with Crippen molar-refractivity contribution in [3.05, 3.63) is 77.7 Å². The van der Waals surface area contributed by atoms with Crippen molar-refractivity contribution in [2.24, 2.45) is 5.73 Å². The second-order valence-electron chi connectivity index (χ2n) is 7.69. The van der Waals surface area contributed by atoms with E-state index < -0.39 is 10.0 Å². The molecule has 1 saturated carbocycles. The van der Waals surface area contributed by atoms with Crippen LogP contribution in [0.25, 0.3) is 21.7 Å². The Labute approximate surface area is 189 Å². The van der Waals surface area contributed by atoms with Gasteiger partial charge in [0.15, 0.2) is 5.13 Å². The average Bonchev–Trinajstić information content (AvgIpc) is 3.43. The maximum Gasteiger partial charge on any atom is 0.273 e. The summed E-state index contributed by atoms with van der Waals surface area (Å²) in [5, 5.41) is 2.09. The van der Waals surface area contributed by atoms with E-state index in [1.165, 1.54) is 22.7 Å². The third-order valence-electron chi connectivity index (χ3n) is 5.62. The summed E-state index contributed by atoms with van der Waals surface area (Å²) >= 11 is 2.51. The first-order valence-corrected chi connectivity index (χ1v) is 13.1. The Bertz CT molecular complexity index is 1290. The lowest BCUT2D eigenvalue weighted by Gasteiger charge is -2.38. The van der Waals surface area contributed by atoms with Crippen molar-refractivity contribution in [1.29, 1.82) is 0 Å². The monoisotopic (exact) mass is 467 g/mol. The molecule has 1 aliphatic rings. The van der Waals surface area contributed by atoms with Crippen LogP contribution < -0.4 is 10.5 Å². The lowest BCUT2D eigenvalue weighted by molar-refractivity contribution is 0.253. The minimum absolute atomic E-state index is 0.218. The van der Waals surface area contributed by atoms with Crippen LogP contribution in [0.15, 0.2) is 76.3 Å². The number of aromatic nitrogens is 1. The van der Waals surface area contributed by atoms with Gasteiger partial charge < -0.3 is 5.73 Å². The molecule has 0 unspecified atom stereocenters. The summed E-state index contributed by atoms with van der Waals surface area (Å²) in [5.74, 6) is 0. The molecule has 2 heterocycles. The molecule has 4 aromatic rings. The van der Waals surface area contributed by atoms with Gasteiger partial charge >= 0.3 is 0 Å². The van der Waals surface area contributed by atoms with E-state index in [4.69, 9.17) is 5.73 Å². The van der Waals surface area contributed by atoms with Crippen molar-refractivity contribution in [3.8, 4) is 21.7 Å². The van der Waals surface area contributed by atoms with E-state index in [1.807, 2.05) is 42.5 Å². The minimum Gasteiger partial charge on any atom is -0.321 e. The molecule has 0 amide bonds. The highest BCUT2D eigenvalue weighted by molar-refractivity contribution is 7.94. The average molecular weight is 468 g/mol. The Hall–Kier alpha value is -2.52. The second-order valence-corrected chi connectivity index (χ2v) is 11.5. The molecule has 1 aliphatic carbocycles. The molecule has 5 rings (SSSR count). The zero-order valence-corrected chi connectivity index (χ0v) is 19.1. The molecule has 1 fully saturated rings. The van der Waals surface area contributed by atoms with Crippen LogP contribution in [0, 0.1) is 0 Å². The Morgan fingerprint density at radius 1 is 0.935 bits per heavy atom. The molecule has 5 nitrogen and oxygen atoms in total. The molecule has 0 radical (unpaired) electrons. The van der Waals surface area contributed by atoms with Crippen molar-refractivity contribution >= 4 is 37.8 Å². The maximum absolute atomic E-state index is 12.7. The van der Waals surface area contributed by atoms with Crippen molar-refractivity contribution in [3.63, 3.8) is 0 Å². The van der Waals surface area contributed by atoms with Crippen LogP contribution in [0.3, 0.4) is 0 Å². The van der Waals surface area contributed by atoms with Crippen molar-refractivity contribution < 1.29 is 8.42 Å². The highest BCUT2D eigenvalue weighted by Gasteiger charge is 2.34. The second kappa shape index (κ2) is 7.87. The summed E-state index contributed by atoms with van der Waals surface area (Å²) in [5.41, 5.74) is 10.1. The maximum atomic E-state index is 12.7. The minimum atomic E-state index is -3.66. The molecule has 0 atom stereocenters. The van der Waals surface area contributed by atoms with E-state index in [2.05, 4.69) is 21.8 Å². The van der Waals surface area contributed by atoms with Gasteiger partial charge in [-0.05, 0) is 41.8 Å². The van der Waals surface area contributed by atoms with Crippen molar-refractivity contribution in [1.82, 2.24) is 4.98 Å². The molecule has 31 heavy (non-hydrogen) atoms. The van der Waals surface area contributed by atoms with Gasteiger partial charge in [0.05, 0.1) is 10.6 Å². The van der Waals surface area contributed by atoms with Gasteiger partial charge in [-0.3, -0.25) is 4.72 Å². The molecule has 2 aromatic heterocycles. The van der Waals surface area contributed by atoms with Gasteiger partial charge in [0.2, 0.25) is 0 Å². The Kier molecular flexibility index (Phi) is 5.18. The van der Waals surface area contributed by atoms with Crippen molar-refractivity contribution in [2.75, 3.05) is 4.72 Å². The molecule has 158 valence electrons. The van der Waals surface area contributed by atoms with Gasteiger partial charge in [0.1, 0.15) is 4.21 Å². The van der Waals surface area contributed by atoms with E-state index in [-0.39, 0.29) is 9.75 Å². The van der Waals surface area contributed by atoms with E-state index >= 15 is 0 Å². The smallest absolute Gasteiger partial charge is 0.273 e. The van der Waals surface area contributed by atoms with E-state index in [0.29, 0.717) is 5.13 Å². The fourth-order valence-corrected chi connectivity index (χ4v) is 6.95. The molecular formula is C23H21N3O2S3. The van der Waals surface area contributed by atoms with Crippen LogP contribution in [0.5, 0.6) is 0 Å². The number of hydrogen-bond acceptors (Lipinski definition) is 6. The zero-order valence-electron chi connectivity index (χ0n) is 16.6. The molecule has 0 bridgehead atoms. The molecule has 8 heteroatoms. The van der Waals surface area contributed by atoms with Gasteiger partial charge in [-0.2, -0.15) is 0 Å². The predicted molar refractivity (Wildman–Crippen MR) is 128 cm³/mol. The lowest BCUT2D eigenvalue weighted by Crippen LogP contribution is -2.43. The fraction of sp³-hybridized carbons (Fsp3) is 0.174. The number of nitrogens with zero attached hydrogens (tertiary/aromatic N) is 1. The van der Waals surface area contributed by atoms with Crippen LogP contribution in [-0.4, -0.2) is 13.4 Å². The highest BCUT2D eigenvalue weighted by Crippen LogP contribution is 2.42. The number of thiazole rings is 1. The zero-order chi connectivity index (χ0) is 21.5. The molecular weight excluding hydrogens is 446 g/mol. The fourth-order valence-electron chi connectivity index (χ4n) is 3.73. The third kappa shape index (κ3) is 3.92. The number of sulfonamides is 1. The Morgan fingerprint density at radius 3 is 2.29 bits per heavy atom. The van der Waals surface area contributed by atoms with Gasteiger partial charge in [-0.25, -0.2) is 13.4 Å². The summed E-state index contributed by atoms with van der Waals surface area (Å²) in [6, 6.07) is 21.4. The Balaban J connectivity index is 1.54. The largest absolute Gasteiger partial charge is 0.321 e. The highest BCUT2D eigenvalue weighted by atomic mass is 32.2.